The molecule has 0 saturated heterocycles. The summed E-state index contributed by atoms with van der Waals surface area (Å²) in [7, 11) is 2.03. The Balaban J connectivity index is 2.72. The van der Waals surface area contributed by atoms with Gasteiger partial charge >= 0.3 is 0 Å². The van der Waals surface area contributed by atoms with Gasteiger partial charge in [-0.25, -0.2) is 0 Å². The number of benzene rings is 1. The van der Waals surface area contributed by atoms with E-state index in [1.807, 2.05) is 14.0 Å². The SMILES string of the molecule is CCCOc1cc(NCCN(C)CC)cc([N+](=O)[O-])c1. The van der Waals surface area contributed by atoms with Gasteiger partial charge in [0, 0.05) is 30.9 Å². The fraction of sp³-hybridized carbons (Fsp3) is 0.571. The number of nitro groups is 1. The van der Waals surface area contributed by atoms with Crippen LogP contribution < -0.4 is 10.1 Å². The third-order valence-electron chi connectivity index (χ3n) is 2.94. The van der Waals surface area contributed by atoms with Gasteiger partial charge in [0.15, 0.2) is 0 Å². The van der Waals surface area contributed by atoms with Crippen LogP contribution in [-0.2, 0) is 0 Å². The second-order valence-corrected chi connectivity index (χ2v) is 4.64. The second kappa shape index (κ2) is 8.37. The Kier molecular flexibility index (Phi) is 6.79. The van der Waals surface area contributed by atoms with Crippen LogP contribution in [0.15, 0.2) is 18.2 Å². The van der Waals surface area contributed by atoms with E-state index in [0.29, 0.717) is 12.4 Å². The Morgan fingerprint density at radius 3 is 2.70 bits per heavy atom. The highest BCUT2D eigenvalue weighted by atomic mass is 16.6. The van der Waals surface area contributed by atoms with Gasteiger partial charge in [-0.1, -0.05) is 13.8 Å². The standard InChI is InChI=1S/C14H23N3O3/c1-4-8-20-14-10-12(9-13(11-14)17(18)19)15-6-7-16(3)5-2/h9-11,15H,4-8H2,1-3H3. The first-order valence-electron chi connectivity index (χ1n) is 6.91. The molecule has 0 heterocycles. The van der Waals surface area contributed by atoms with Gasteiger partial charge in [-0.3, -0.25) is 10.1 Å². The molecule has 0 atom stereocenters. The molecule has 0 aromatic heterocycles. The fourth-order valence-corrected chi connectivity index (χ4v) is 1.64. The number of nitro benzene ring substituents is 1. The van der Waals surface area contributed by atoms with E-state index in [9.17, 15) is 10.1 Å². The van der Waals surface area contributed by atoms with Crippen LogP contribution in [0.3, 0.4) is 0 Å². The van der Waals surface area contributed by atoms with Crippen molar-refractivity contribution in [2.75, 3.05) is 38.6 Å². The van der Waals surface area contributed by atoms with Crippen LogP contribution >= 0.6 is 0 Å². The third-order valence-corrected chi connectivity index (χ3v) is 2.94. The molecule has 0 spiro atoms. The summed E-state index contributed by atoms with van der Waals surface area (Å²) < 4.78 is 5.48. The van der Waals surface area contributed by atoms with E-state index in [1.165, 1.54) is 12.1 Å². The molecule has 0 radical (unpaired) electrons. The topological polar surface area (TPSA) is 67.6 Å². The molecule has 1 aromatic rings. The largest absolute Gasteiger partial charge is 0.493 e. The maximum Gasteiger partial charge on any atom is 0.275 e. The molecule has 0 bridgehead atoms. The first kappa shape index (κ1) is 16.2. The summed E-state index contributed by atoms with van der Waals surface area (Å²) in [5, 5.41) is 14.1. The van der Waals surface area contributed by atoms with E-state index in [-0.39, 0.29) is 5.69 Å². The fourth-order valence-electron chi connectivity index (χ4n) is 1.64. The Labute approximate surface area is 119 Å². The lowest BCUT2D eigenvalue weighted by molar-refractivity contribution is -0.384. The third kappa shape index (κ3) is 5.44. The number of non-ortho nitro benzene ring substituents is 1. The lowest BCUT2D eigenvalue weighted by Gasteiger charge is -2.15. The van der Waals surface area contributed by atoms with Crippen LogP contribution in [0.25, 0.3) is 0 Å². The lowest BCUT2D eigenvalue weighted by Crippen LogP contribution is -2.24. The van der Waals surface area contributed by atoms with Gasteiger partial charge in [-0.15, -0.1) is 0 Å². The van der Waals surface area contributed by atoms with Crippen molar-refractivity contribution < 1.29 is 9.66 Å². The zero-order chi connectivity index (χ0) is 15.0. The molecule has 0 aliphatic carbocycles. The van der Waals surface area contributed by atoms with Crippen molar-refractivity contribution in [2.24, 2.45) is 0 Å². The highest BCUT2D eigenvalue weighted by Crippen LogP contribution is 2.26. The van der Waals surface area contributed by atoms with Crippen LogP contribution in [0, 0.1) is 10.1 Å². The minimum Gasteiger partial charge on any atom is -0.493 e. The lowest BCUT2D eigenvalue weighted by atomic mass is 10.2. The van der Waals surface area contributed by atoms with Crippen molar-refractivity contribution in [3.8, 4) is 5.75 Å². The normalized spacial score (nSPS) is 10.6. The molecule has 0 unspecified atom stereocenters. The number of hydrogen-bond acceptors (Lipinski definition) is 5. The molecule has 1 N–H and O–H groups in total. The van der Waals surface area contributed by atoms with Crippen molar-refractivity contribution in [3.63, 3.8) is 0 Å². The summed E-state index contributed by atoms with van der Waals surface area (Å²) >= 11 is 0. The smallest absolute Gasteiger partial charge is 0.275 e. The highest BCUT2D eigenvalue weighted by molar-refractivity contribution is 5.56. The van der Waals surface area contributed by atoms with Gasteiger partial charge in [-0.2, -0.15) is 0 Å². The summed E-state index contributed by atoms with van der Waals surface area (Å²) in [4.78, 5) is 12.7. The van der Waals surface area contributed by atoms with Gasteiger partial charge in [0.2, 0.25) is 0 Å². The maximum atomic E-state index is 10.9. The molecule has 1 aromatic carbocycles. The monoisotopic (exact) mass is 281 g/mol. The number of likely N-dealkylation sites (N-methyl/N-ethyl adjacent to an activating group) is 1. The summed E-state index contributed by atoms with van der Waals surface area (Å²) in [6.45, 7) is 7.23. The maximum absolute atomic E-state index is 10.9. The minimum atomic E-state index is -0.401. The van der Waals surface area contributed by atoms with E-state index in [1.54, 1.807) is 6.07 Å². The molecular formula is C14H23N3O3. The van der Waals surface area contributed by atoms with Crippen LogP contribution in [0.4, 0.5) is 11.4 Å². The van der Waals surface area contributed by atoms with E-state index >= 15 is 0 Å². The molecule has 0 aliphatic heterocycles. The van der Waals surface area contributed by atoms with Crippen LogP contribution in [0.5, 0.6) is 5.75 Å². The van der Waals surface area contributed by atoms with Gasteiger partial charge < -0.3 is 15.0 Å². The van der Waals surface area contributed by atoms with Crippen molar-refractivity contribution in [3.05, 3.63) is 28.3 Å². The van der Waals surface area contributed by atoms with Crippen molar-refractivity contribution in [1.29, 1.82) is 0 Å². The van der Waals surface area contributed by atoms with E-state index < -0.39 is 4.92 Å². The molecule has 6 heteroatoms. The van der Waals surface area contributed by atoms with Gasteiger partial charge in [0.1, 0.15) is 5.75 Å². The number of rotatable bonds is 9. The minimum absolute atomic E-state index is 0.0462. The predicted molar refractivity (Wildman–Crippen MR) is 80.5 cm³/mol. The van der Waals surface area contributed by atoms with E-state index in [2.05, 4.69) is 17.1 Å². The first-order valence-corrected chi connectivity index (χ1v) is 6.91. The first-order chi connectivity index (χ1) is 9.56. The zero-order valence-electron chi connectivity index (χ0n) is 12.4. The molecule has 1 rings (SSSR count). The summed E-state index contributed by atoms with van der Waals surface area (Å²) in [5.74, 6) is 0.535. The van der Waals surface area contributed by atoms with Crippen LogP contribution in [0.2, 0.25) is 0 Å². The van der Waals surface area contributed by atoms with E-state index in [0.717, 1.165) is 31.7 Å². The highest BCUT2D eigenvalue weighted by Gasteiger charge is 2.10. The Morgan fingerprint density at radius 1 is 1.35 bits per heavy atom. The molecule has 0 aliphatic rings. The predicted octanol–water partition coefficient (Wildman–Crippen LogP) is 2.75. The Morgan fingerprint density at radius 2 is 2.10 bits per heavy atom. The number of ether oxygens (including phenoxy) is 1. The van der Waals surface area contributed by atoms with Crippen molar-refractivity contribution in [1.82, 2.24) is 4.90 Å². The van der Waals surface area contributed by atoms with E-state index in [4.69, 9.17) is 4.74 Å². The molecular weight excluding hydrogens is 258 g/mol. The number of nitrogens with zero attached hydrogens (tertiary/aromatic N) is 2. The van der Waals surface area contributed by atoms with Gasteiger partial charge in [0.25, 0.3) is 5.69 Å². The van der Waals surface area contributed by atoms with Crippen LogP contribution in [0.1, 0.15) is 20.3 Å². The molecule has 0 amide bonds. The van der Waals surface area contributed by atoms with Crippen LogP contribution in [-0.4, -0.2) is 43.1 Å². The molecule has 0 fully saturated rings. The number of hydrogen-bond donors (Lipinski definition) is 1. The van der Waals surface area contributed by atoms with Gasteiger partial charge in [-0.05, 0) is 20.0 Å². The zero-order valence-corrected chi connectivity index (χ0v) is 12.4. The Hall–Kier alpha value is -1.82. The summed E-state index contributed by atoms with van der Waals surface area (Å²) in [6.07, 6.45) is 0.868. The second-order valence-electron chi connectivity index (χ2n) is 4.64. The molecule has 20 heavy (non-hydrogen) atoms. The number of nitrogens with one attached hydrogen (secondary N) is 1. The average Bonchev–Trinajstić information content (AvgIpc) is 2.44. The summed E-state index contributed by atoms with van der Waals surface area (Å²) in [5.41, 5.74) is 0.764. The quantitative estimate of drug-likeness (QED) is 0.557. The Bertz CT molecular complexity index is 438. The molecule has 112 valence electrons. The van der Waals surface area contributed by atoms with Crippen molar-refractivity contribution in [2.45, 2.75) is 20.3 Å². The summed E-state index contributed by atoms with van der Waals surface area (Å²) in [6, 6.07) is 4.79. The average molecular weight is 281 g/mol. The molecule has 6 nitrogen and oxygen atoms in total. The van der Waals surface area contributed by atoms with Gasteiger partial charge in [0.05, 0.1) is 17.6 Å². The number of anilines is 1. The molecule has 0 saturated carbocycles. The van der Waals surface area contributed by atoms with Crippen molar-refractivity contribution >= 4 is 11.4 Å².